The Morgan fingerprint density at radius 2 is 0.851 bits per heavy atom. The zero-order chi connectivity index (χ0) is 32.4. The van der Waals surface area contributed by atoms with Crippen molar-refractivity contribution in [3.8, 4) is 29.3 Å². The molecule has 0 spiro atoms. The van der Waals surface area contributed by atoms with Crippen LogP contribution in [-0.2, 0) is 0 Å². The number of hydrogen-bond acceptors (Lipinski definition) is 4. The van der Waals surface area contributed by atoms with E-state index >= 15 is 0 Å². The summed E-state index contributed by atoms with van der Waals surface area (Å²) in [7, 11) is 0. The Hall–Kier alpha value is -6.93. The molecule has 6 rings (SSSR count). The highest BCUT2D eigenvalue weighted by Crippen LogP contribution is 2.35. The van der Waals surface area contributed by atoms with Crippen LogP contribution in [0, 0.1) is 34.0 Å². The molecule has 0 aliphatic carbocycles. The molecule has 0 saturated carbocycles. The summed E-state index contributed by atoms with van der Waals surface area (Å²) < 4.78 is 0. The Morgan fingerprint density at radius 1 is 0.426 bits per heavy atom. The van der Waals surface area contributed by atoms with Crippen LogP contribution in [0.1, 0.15) is 22.3 Å². The third kappa shape index (κ3) is 6.77. The molecule has 6 aromatic rings. The maximum atomic E-state index is 10.1. The van der Waals surface area contributed by atoms with Gasteiger partial charge in [-0.2, -0.15) is 15.8 Å². The predicted molar refractivity (Wildman–Crippen MR) is 190 cm³/mol. The van der Waals surface area contributed by atoms with Crippen molar-refractivity contribution >= 4 is 34.3 Å². The molecule has 0 fully saturated rings. The van der Waals surface area contributed by atoms with Crippen LogP contribution in [0.3, 0.4) is 0 Å². The van der Waals surface area contributed by atoms with E-state index in [0.29, 0.717) is 11.1 Å². The SMILES string of the molecule is N#CC(C#N)=C(c1ccccc1)c1ccc(-c2ccc(/C(C#N)=C/c3ccc(N(c4ccccc4)c4ccccc4)cc3)cc2)cc1. The fourth-order valence-electron chi connectivity index (χ4n) is 5.54. The molecular weight excluding hydrogens is 573 g/mol. The normalized spacial score (nSPS) is 10.6. The lowest BCUT2D eigenvalue weighted by atomic mass is 9.92. The van der Waals surface area contributed by atoms with E-state index in [1.54, 1.807) is 0 Å². The second-order valence-corrected chi connectivity index (χ2v) is 10.8. The van der Waals surface area contributed by atoms with Crippen LogP contribution in [0.15, 0.2) is 169 Å². The van der Waals surface area contributed by atoms with Crippen molar-refractivity contribution in [2.24, 2.45) is 0 Å². The second-order valence-electron chi connectivity index (χ2n) is 10.8. The lowest BCUT2D eigenvalue weighted by molar-refractivity contribution is 1.28. The molecule has 0 bridgehead atoms. The van der Waals surface area contributed by atoms with Crippen LogP contribution >= 0.6 is 0 Å². The van der Waals surface area contributed by atoms with Crippen LogP contribution in [0.25, 0.3) is 28.3 Å². The van der Waals surface area contributed by atoms with Crippen LogP contribution < -0.4 is 4.90 Å². The smallest absolute Gasteiger partial charge is 0.138 e. The molecule has 220 valence electrons. The quantitative estimate of drug-likeness (QED) is 0.129. The van der Waals surface area contributed by atoms with Crippen molar-refractivity contribution < 1.29 is 0 Å². The van der Waals surface area contributed by atoms with Gasteiger partial charge >= 0.3 is 0 Å². The highest BCUT2D eigenvalue weighted by molar-refractivity contribution is 5.91. The van der Waals surface area contributed by atoms with Gasteiger partial charge in [0.15, 0.2) is 0 Å². The second kappa shape index (κ2) is 14.2. The van der Waals surface area contributed by atoms with Crippen molar-refractivity contribution in [1.82, 2.24) is 0 Å². The summed E-state index contributed by atoms with van der Waals surface area (Å²) in [6.45, 7) is 0. The number of benzene rings is 6. The van der Waals surface area contributed by atoms with Gasteiger partial charge < -0.3 is 4.90 Å². The fourth-order valence-corrected chi connectivity index (χ4v) is 5.54. The summed E-state index contributed by atoms with van der Waals surface area (Å²) in [5.74, 6) is 0. The third-order valence-electron chi connectivity index (χ3n) is 7.85. The number of nitriles is 3. The molecule has 0 saturated heterocycles. The van der Waals surface area contributed by atoms with Gasteiger partial charge in [0.05, 0.1) is 11.6 Å². The molecule has 4 nitrogen and oxygen atoms in total. The number of nitrogens with zero attached hydrogens (tertiary/aromatic N) is 4. The molecule has 0 heterocycles. The van der Waals surface area contributed by atoms with Gasteiger partial charge in [0, 0.05) is 22.6 Å². The molecule has 47 heavy (non-hydrogen) atoms. The van der Waals surface area contributed by atoms with Crippen LogP contribution in [0.5, 0.6) is 0 Å². The van der Waals surface area contributed by atoms with Crippen molar-refractivity contribution in [2.75, 3.05) is 4.90 Å². The largest absolute Gasteiger partial charge is 0.311 e. The van der Waals surface area contributed by atoms with E-state index in [-0.39, 0.29) is 5.57 Å². The van der Waals surface area contributed by atoms with Gasteiger partial charge in [-0.25, -0.2) is 0 Å². The number of hydrogen-bond donors (Lipinski definition) is 0. The zero-order valence-electron chi connectivity index (χ0n) is 25.5. The van der Waals surface area contributed by atoms with E-state index < -0.39 is 0 Å². The molecular formula is C43H28N4. The molecule has 0 N–H and O–H groups in total. The number of rotatable bonds is 8. The van der Waals surface area contributed by atoms with Crippen LogP contribution in [0.2, 0.25) is 0 Å². The van der Waals surface area contributed by atoms with Crippen molar-refractivity contribution in [1.29, 1.82) is 15.8 Å². The lowest BCUT2D eigenvalue weighted by Gasteiger charge is -2.25. The van der Waals surface area contributed by atoms with E-state index in [1.165, 1.54) is 0 Å². The van der Waals surface area contributed by atoms with Gasteiger partial charge in [0.1, 0.15) is 17.7 Å². The van der Waals surface area contributed by atoms with Gasteiger partial charge in [-0.1, -0.05) is 127 Å². The average Bonchev–Trinajstić information content (AvgIpc) is 3.15. The van der Waals surface area contributed by atoms with E-state index in [0.717, 1.165) is 50.4 Å². The summed E-state index contributed by atoms with van der Waals surface area (Å²) >= 11 is 0. The van der Waals surface area contributed by atoms with Gasteiger partial charge in [0.25, 0.3) is 0 Å². The molecule has 0 unspecified atom stereocenters. The number of anilines is 3. The number of allylic oxidation sites excluding steroid dienone is 2. The molecule has 0 aromatic heterocycles. The molecule has 0 aliphatic heterocycles. The Balaban J connectivity index is 1.23. The first-order valence-electron chi connectivity index (χ1n) is 15.1. The van der Waals surface area contributed by atoms with Crippen molar-refractivity contribution in [3.63, 3.8) is 0 Å². The molecule has 0 atom stereocenters. The number of para-hydroxylation sites is 2. The fraction of sp³-hybridized carbons (Fsp3) is 0. The summed E-state index contributed by atoms with van der Waals surface area (Å²) in [6, 6.07) is 60.4. The van der Waals surface area contributed by atoms with Gasteiger partial charge in [-0.15, -0.1) is 0 Å². The Morgan fingerprint density at radius 3 is 1.32 bits per heavy atom. The van der Waals surface area contributed by atoms with Crippen molar-refractivity contribution in [2.45, 2.75) is 0 Å². The summed E-state index contributed by atoms with van der Waals surface area (Å²) in [6.07, 6.45) is 1.91. The Kier molecular flexibility index (Phi) is 9.12. The minimum atomic E-state index is 0.0727. The topological polar surface area (TPSA) is 74.6 Å². The van der Waals surface area contributed by atoms with E-state index in [1.807, 2.05) is 146 Å². The van der Waals surface area contributed by atoms with E-state index in [4.69, 9.17) is 0 Å². The van der Waals surface area contributed by atoms with Gasteiger partial charge in [0.2, 0.25) is 0 Å². The molecule has 0 radical (unpaired) electrons. The Bertz CT molecular complexity index is 2110. The monoisotopic (exact) mass is 600 g/mol. The van der Waals surface area contributed by atoms with E-state index in [2.05, 4.69) is 47.4 Å². The first kappa shape index (κ1) is 30.1. The highest BCUT2D eigenvalue weighted by atomic mass is 15.1. The summed E-state index contributed by atoms with van der Waals surface area (Å²) in [4.78, 5) is 2.20. The maximum absolute atomic E-state index is 10.1. The van der Waals surface area contributed by atoms with Crippen LogP contribution in [-0.4, -0.2) is 0 Å². The first-order valence-corrected chi connectivity index (χ1v) is 15.1. The minimum absolute atomic E-state index is 0.0727. The first-order chi connectivity index (χ1) is 23.2. The van der Waals surface area contributed by atoms with Gasteiger partial charge in [-0.3, -0.25) is 0 Å². The lowest BCUT2D eigenvalue weighted by Crippen LogP contribution is -2.09. The third-order valence-corrected chi connectivity index (χ3v) is 7.85. The van der Waals surface area contributed by atoms with Gasteiger partial charge in [-0.05, 0) is 75.9 Å². The zero-order valence-corrected chi connectivity index (χ0v) is 25.5. The summed E-state index contributed by atoms with van der Waals surface area (Å²) in [5.41, 5.74) is 9.77. The van der Waals surface area contributed by atoms with E-state index in [9.17, 15) is 15.8 Å². The van der Waals surface area contributed by atoms with Crippen LogP contribution in [0.4, 0.5) is 17.1 Å². The predicted octanol–water partition coefficient (Wildman–Crippen LogP) is 10.7. The standard InChI is InChI=1S/C43H28N4/c44-29-38(28-32-16-26-42(27-17-32)47(40-12-6-2-7-13-40)41-14-8-3-9-15-41)35-20-18-33(19-21-35)34-22-24-37(25-23-34)43(39(30-45)31-46)36-10-4-1-5-11-36/h1-28H/b38-28+. The van der Waals surface area contributed by atoms with Crippen molar-refractivity contribution in [3.05, 3.63) is 192 Å². The molecule has 6 aromatic carbocycles. The average molecular weight is 601 g/mol. The maximum Gasteiger partial charge on any atom is 0.138 e. The molecule has 0 amide bonds. The summed E-state index contributed by atoms with van der Waals surface area (Å²) in [5, 5.41) is 29.2. The highest BCUT2D eigenvalue weighted by Gasteiger charge is 2.13. The Labute approximate surface area is 275 Å². The molecule has 0 aliphatic rings. The molecule has 4 heteroatoms. The minimum Gasteiger partial charge on any atom is -0.311 e.